The minimum absolute atomic E-state index is 0.618. The van der Waals surface area contributed by atoms with E-state index in [1.807, 2.05) is 31.3 Å². The molecular formula is C16H15ClN4S2. The zero-order valence-electron chi connectivity index (χ0n) is 12.6. The van der Waals surface area contributed by atoms with Gasteiger partial charge >= 0.3 is 0 Å². The van der Waals surface area contributed by atoms with Crippen LogP contribution in [-0.2, 0) is 12.8 Å². The molecular weight excluding hydrogens is 348 g/mol. The molecule has 1 saturated carbocycles. The van der Waals surface area contributed by atoms with Crippen molar-refractivity contribution in [2.45, 2.75) is 29.7 Å². The van der Waals surface area contributed by atoms with Gasteiger partial charge in [-0.05, 0) is 18.9 Å². The molecule has 0 radical (unpaired) electrons. The number of hydrogen-bond acceptors (Lipinski definition) is 5. The number of rotatable bonds is 5. The normalized spacial score (nSPS) is 14.3. The lowest BCUT2D eigenvalue weighted by Gasteiger charge is -2.01. The molecule has 4 nitrogen and oxygen atoms in total. The number of thioether (sulfide) groups is 1. The van der Waals surface area contributed by atoms with Gasteiger partial charge in [-0.15, -0.1) is 21.5 Å². The molecule has 2 heterocycles. The lowest BCUT2D eigenvalue weighted by molar-refractivity contribution is 0.736. The van der Waals surface area contributed by atoms with Crippen molar-refractivity contribution in [3.8, 4) is 10.6 Å². The van der Waals surface area contributed by atoms with E-state index in [4.69, 9.17) is 16.6 Å². The van der Waals surface area contributed by atoms with Crippen LogP contribution in [0.4, 0.5) is 0 Å². The third kappa shape index (κ3) is 3.16. The van der Waals surface area contributed by atoms with Gasteiger partial charge in [0.05, 0.1) is 10.7 Å². The van der Waals surface area contributed by atoms with Gasteiger partial charge in [-0.1, -0.05) is 41.6 Å². The number of benzene rings is 1. The number of hydrogen-bond donors (Lipinski definition) is 0. The molecule has 1 aromatic carbocycles. The van der Waals surface area contributed by atoms with Crippen LogP contribution in [0.3, 0.4) is 0 Å². The monoisotopic (exact) mass is 362 g/mol. The highest BCUT2D eigenvalue weighted by Gasteiger charge is 2.29. The zero-order chi connectivity index (χ0) is 15.8. The highest BCUT2D eigenvalue weighted by Crippen LogP contribution is 2.39. The second kappa shape index (κ2) is 6.26. The molecule has 4 rings (SSSR count). The van der Waals surface area contributed by atoms with Gasteiger partial charge in [0.1, 0.15) is 10.8 Å². The average molecular weight is 363 g/mol. The molecule has 118 valence electrons. The van der Waals surface area contributed by atoms with Crippen molar-refractivity contribution in [2.75, 3.05) is 0 Å². The van der Waals surface area contributed by atoms with E-state index >= 15 is 0 Å². The Kier molecular flexibility index (Phi) is 4.13. The number of aromatic nitrogens is 4. The first-order valence-electron chi connectivity index (χ1n) is 7.44. The Morgan fingerprint density at radius 3 is 2.91 bits per heavy atom. The first kappa shape index (κ1) is 15.2. The fourth-order valence-corrected chi connectivity index (χ4v) is 4.48. The van der Waals surface area contributed by atoms with E-state index < -0.39 is 0 Å². The summed E-state index contributed by atoms with van der Waals surface area (Å²) in [6.07, 6.45) is 2.48. The van der Waals surface area contributed by atoms with E-state index in [9.17, 15) is 0 Å². The first-order chi connectivity index (χ1) is 11.2. The summed E-state index contributed by atoms with van der Waals surface area (Å²) in [5.74, 6) is 2.52. The maximum Gasteiger partial charge on any atom is 0.191 e. The summed E-state index contributed by atoms with van der Waals surface area (Å²) in [6, 6.07) is 7.81. The minimum Gasteiger partial charge on any atom is -0.309 e. The van der Waals surface area contributed by atoms with Crippen LogP contribution in [-0.4, -0.2) is 19.7 Å². The molecule has 1 aliphatic carbocycles. The molecule has 2 aromatic heterocycles. The Bertz CT molecular complexity index is 838. The number of nitrogens with zero attached hydrogens (tertiary/aromatic N) is 4. The maximum absolute atomic E-state index is 6.24. The smallest absolute Gasteiger partial charge is 0.191 e. The summed E-state index contributed by atoms with van der Waals surface area (Å²) in [5, 5.41) is 13.4. The van der Waals surface area contributed by atoms with E-state index in [0.717, 1.165) is 38.0 Å². The Labute approximate surface area is 147 Å². The van der Waals surface area contributed by atoms with Gasteiger partial charge in [0, 0.05) is 29.7 Å². The van der Waals surface area contributed by atoms with Gasteiger partial charge in [0.2, 0.25) is 0 Å². The van der Waals surface area contributed by atoms with Crippen molar-refractivity contribution in [3.05, 3.63) is 46.2 Å². The predicted molar refractivity (Wildman–Crippen MR) is 95.1 cm³/mol. The van der Waals surface area contributed by atoms with Crippen LogP contribution in [0.1, 0.15) is 30.3 Å². The summed E-state index contributed by atoms with van der Waals surface area (Å²) in [6.45, 7) is 0. The van der Waals surface area contributed by atoms with Gasteiger partial charge in [0.15, 0.2) is 5.16 Å². The van der Waals surface area contributed by atoms with Crippen LogP contribution in [0.15, 0.2) is 34.8 Å². The van der Waals surface area contributed by atoms with Crippen molar-refractivity contribution >= 4 is 34.7 Å². The summed E-state index contributed by atoms with van der Waals surface area (Å²) >= 11 is 9.54. The fourth-order valence-electron chi connectivity index (χ4n) is 2.42. The molecule has 0 atom stereocenters. The first-order valence-corrected chi connectivity index (χ1v) is 9.68. The molecule has 0 unspecified atom stereocenters. The Balaban J connectivity index is 1.47. The average Bonchev–Trinajstić information content (AvgIpc) is 3.17. The van der Waals surface area contributed by atoms with Crippen LogP contribution in [0.5, 0.6) is 0 Å². The van der Waals surface area contributed by atoms with Crippen molar-refractivity contribution < 1.29 is 0 Å². The van der Waals surface area contributed by atoms with Crippen molar-refractivity contribution in [2.24, 2.45) is 7.05 Å². The van der Waals surface area contributed by atoms with Crippen LogP contribution < -0.4 is 0 Å². The van der Waals surface area contributed by atoms with Crippen molar-refractivity contribution in [1.29, 1.82) is 0 Å². The highest BCUT2D eigenvalue weighted by atomic mass is 35.5. The SMILES string of the molecule is Cn1c(SCc2csc(-c3ccccc3Cl)n2)nnc1C1CC1. The third-order valence-electron chi connectivity index (χ3n) is 3.82. The lowest BCUT2D eigenvalue weighted by atomic mass is 10.2. The topological polar surface area (TPSA) is 43.6 Å². The quantitative estimate of drug-likeness (QED) is 0.613. The van der Waals surface area contributed by atoms with Gasteiger partial charge in [-0.25, -0.2) is 4.98 Å². The number of thiazole rings is 1. The fraction of sp³-hybridized carbons (Fsp3) is 0.312. The molecule has 23 heavy (non-hydrogen) atoms. The number of halogens is 1. The van der Waals surface area contributed by atoms with Gasteiger partial charge in [-0.2, -0.15) is 0 Å². The van der Waals surface area contributed by atoms with Crippen LogP contribution in [0.25, 0.3) is 10.6 Å². The van der Waals surface area contributed by atoms with Gasteiger partial charge in [-0.3, -0.25) is 0 Å². The van der Waals surface area contributed by atoms with E-state index in [0.29, 0.717) is 5.92 Å². The molecule has 0 saturated heterocycles. The molecule has 1 aliphatic rings. The van der Waals surface area contributed by atoms with Gasteiger partial charge < -0.3 is 4.57 Å². The maximum atomic E-state index is 6.24. The standard InChI is InChI=1S/C16H15ClN4S2/c1-21-14(10-6-7-10)19-20-16(21)23-9-11-8-22-15(18-11)12-4-2-3-5-13(12)17/h2-5,8,10H,6-7,9H2,1H3. The van der Waals surface area contributed by atoms with E-state index in [2.05, 4.69) is 20.1 Å². The molecule has 1 fully saturated rings. The molecule has 0 aliphatic heterocycles. The second-order valence-electron chi connectivity index (χ2n) is 5.59. The molecule has 0 bridgehead atoms. The molecule has 7 heteroatoms. The molecule has 0 N–H and O–H groups in total. The lowest BCUT2D eigenvalue weighted by Crippen LogP contribution is -1.97. The van der Waals surface area contributed by atoms with Crippen LogP contribution in [0, 0.1) is 0 Å². The highest BCUT2D eigenvalue weighted by molar-refractivity contribution is 7.98. The van der Waals surface area contributed by atoms with E-state index in [-0.39, 0.29) is 0 Å². The van der Waals surface area contributed by atoms with E-state index in [1.54, 1.807) is 23.1 Å². The molecule has 3 aromatic rings. The Morgan fingerprint density at radius 1 is 1.30 bits per heavy atom. The van der Waals surface area contributed by atoms with E-state index in [1.165, 1.54) is 12.8 Å². The minimum atomic E-state index is 0.618. The van der Waals surface area contributed by atoms with Crippen molar-refractivity contribution in [3.63, 3.8) is 0 Å². The predicted octanol–water partition coefficient (Wildman–Crippen LogP) is 4.76. The Morgan fingerprint density at radius 2 is 2.13 bits per heavy atom. The third-order valence-corrected chi connectivity index (χ3v) is 6.12. The van der Waals surface area contributed by atoms with Crippen molar-refractivity contribution in [1.82, 2.24) is 19.7 Å². The second-order valence-corrected chi connectivity index (χ2v) is 7.79. The summed E-state index contributed by atoms with van der Waals surface area (Å²) < 4.78 is 2.11. The Hall–Kier alpha value is -1.37. The largest absolute Gasteiger partial charge is 0.309 e. The van der Waals surface area contributed by atoms with Crippen LogP contribution >= 0.6 is 34.7 Å². The van der Waals surface area contributed by atoms with Gasteiger partial charge in [0.25, 0.3) is 0 Å². The zero-order valence-corrected chi connectivity index (χ0v) is 15.0. The summed E-state index contributed by atoms with van der Waals surface area (Å²) in [5.41, 5.74) is 2.04. The summed E-state index contributed by atoms with van der Waals surface area (Å²) in [7, 11) is 2.05. The summed E-state index contributed by atoms with van der Waals surface area (Å²) in [4.78, 5) is 4.70. The molecule has 0 amide bonds. The van der Waals surface area contributed by atoms with Crippen LogP contribution in [0.2, 0.25) is 5.02 Å². The molecule has 0 spiro atoms.